The van der Waals surface area contributed by atoms with Crippen LogP contribution < -0.4 is 10.6 Å². The highest BCUT2D eigenvalue weighted by Crippen LogP contribution is 2.18. The van der Waals surface area contributed by atoms with Crippen LogP contribution in [0.4, 0.5) is 4.79 Å². The summed E-state index contributed by atoms with van der Waals surface area (Å²) in [5.74, 6) is 8.63. The van der Waals surface area contributed by atoms with Crippen molar-refractivity contribution in [3.8, 4) is 23.7 Å². The van der Waals surface area contributed by atoms with Crippen molar-refractivity contribution < 1.29 is 34.4 Å². The Morgan fingerprint density at radius 1 is 1.09 bits per heavy atom. The number of hydrogen-bond acceptors (Lipinski definition) is 6. The average molecular weight is 473 g/mol. The van der Waals surface area contributed by atoms with E-state index in [1.807, 2.05) is 0 Å². The topological polar surface area (TPSA) is 145 Å². The maximum atomic E-state index is 12.7. The van der Waals surface area contributed by atoms with Crippen LogP contribution in [0, 0.1) is 23.7 Å². The fourth-order valence-corrected chi connectivity index (χ4v) is 2.70. The minimum absolute atomic E-state index is 0.106. The van der Waals surface area contributed by atoms with Crippen molar-refractivity contribution in [1.82, 2.24) is 10.6 Å². The molecule has 0 aliphatic carbocycles. The standard InChI is InChI=1S/C25H32N2O7/c1-6-25(5,27-23(33)34-24(2,3)4)20(22(31)32)26-21(30)18-14-12-17(13-15-18)10-8-7-9-11-19(29)16-28/h12-15,19-20,28-29H,6,11,16H2,1-5H3,(H,26,30)(H,27,33)(H,31,32)/t19-,20?,25?/m1/s1. The Kier molecular flexibility index (Phi) is 10.6. The molecule has 0 aliphatic heterocycles. The smallest absolute Gasteiger partial charge is 0.408 e. The van der Waals surface area contributed by atoms with Crippen LogP contribution in [0.15, 0.2) is 24.3 Å². The van der Waals surface area contributed by atoms with Crippen molar-refractivity contribution in [3.05, 3.63) is 35.4 Å². The van der Waals surface area contributed by atoms with Crippen LogP contribution in [0.2, 0.25) is 0 Å². The predicted molar refractivity (Wildman–Crippen MR) is 126 cm³/mol. The van der Waals surface area contributed by atoms with E-state index in [2.05, 4.69) is 34.3 Å². The molecule has 0 saturated carbocycles. The van der Waals surface area contributed by atoms with Gasteiger partial charge in [0.2, 0.25) is 0 Å². The molecule has 0 aromatic heterocycles. The Hall–Kier alpha value is -3.53. The maximum absolute atomic E-state index is 12.7. The van der Waals surface area contributed by atoms with Gasteiger partial charge in [-0.1, -0.05) is 18.8 Å². The lowest BCUT2D eigenvalue weighted by Crippen LogP contribution is -2.63. The third-order valence-corrected chi connectivity index (χ3v) is 4.73. The molecular weight excluding hydrogens is 440 g/mol. The molecule has 0 aliphatic rings. The predicted octanol–water partition coefficient (Wildman–Crippen LogP) is 1.66. The number of carbonyl (C=O) groups excluding carboxylic acids is 2. The Morgan fingerprint density at radius 2 is 1.71 bits per heavy atom. The van der Waals surface area contributed by atoms with Gasteiger partial charge in [-0.2, -0.15) is 0 Å². The second kappa shape index (κ2) is 12.6. The molecule has 34 heavy (non-hydrogen) atoms. The third-order valence-electron chi connectivity index (χ3n) is 4.73. The van der Waals surface area contributed by atoms with Gasteiger partial charge in [0.25, 0.3) is 5.91 Å². The summed E-state index contributed by atoms with van der Waals surface area (Å²) in [5.41, 5.74) is -1.28. The number of benzene rings is 1. The summed E-state index contributed by atoms with van der Waals surface area (Å²) >= 11 is 0. The van der Waals surface area contributed by atoms with Crippen molar-refractivity contribution in [1.29, 1.82) is 0 Å². The van der Waals surface area contributed by atoms with Gasteiger partial charge in [-0.15, -0.1) is 0 Å². The summed E-state index contributed by atoms with van der Waals surface area (Å²) in [6.07, 6.45) is -1.37. The number of carboxylic acids is 1. The van der Waals surface area contributed by atoms with Crippen LogP contribution in [-0.2, 0) is 9.53 Å². The molecule has 9 heteroatoms. The second-order valence-corrected chi connectivity index (χ2v) is 8.81. The minimum Gasteiger partial charge on any atom is -0.480 e. The largest absolute Gasteiger partial charge is 0.480 e. The van der Waals surface area contributed by atoms with E-state index in [0.717, 1.165) is 0 Å². The summed E-state index contributed by atoms with van der Waals surface area (Å²) in [7, 11) is 0. The van der Waals surface area contributed by atoms with E-state index in [-0.39, 0.29) is 25.0 Å². The first-order valence-electron chi connectivity index (χ1n) is 10.7. The zero-order chi connectivity index (χ0) is 25.9. The number of amides is 2. The molecule has 0 spiro atoms. The van der Waals surface area contributed by atoms with E-state index < -0.39 is 41.3 Å². The lowest BCUT2D eigenvalue weighted by Gasteiger charge is -2.36. The molecule has 1 rings (SSSR count). The van der Waals surface area contributed by atoms with Gasteiger partial charge in [0.1, 0.15) is 11.6 Å². The molecule has 2 unspecified atom stereocenters. The lowest BCUT2D eigenvalue weighted by molar-refractivity contribution is -0.141. The molecular formula is C25H32N2O7. The van der Waals surface area contributed by atoms with Gasteiger partial charge in [-0.05, 0) is 70.2 Å². The van der Waals surface area contributed by atoms with Gasteiger partial charge in [0, 0.05) is 17.5 Å². The highest BCUT2D eigenvalue weighted by atomic mass is 16.6. The fraction of sp³-hybridized carbons (Fsp3) is 0.480. The number of carboxylic acid groups (broad SMARTS) is 1. The van der Waals surface area contributed by atoms with Crippen LogP contribution in [0.5, 0.6) is 0 Å². The first kappa shape index (κ1) is 28.5. The van der Waals surface area contributed by atoms with Crippen molar-refractivity contribution in [2.45, 2.75) is 70.7 Å². The fourth-order valence-electron chi connectivity index (χ4n) is 2.70. The highest BCUT2D eigenvalue weighted by Gasteiger charge is 2.41. The Morgan fingerprint density at radius 3 is 2.21 bits per heavy atom. The van der Waals surface area contributed by atoms with Crippen LogP contribution in [-0.4, -0.2) is 63.2 Å². The van der Waals surface area contributed by atoms with Gasteiger partial charge in [-0.25, -0.2) is 9.59 Å². The lowest BCUT2D eigenvalue weighted by atomic mass is 9.89. The van der Waals surface area contributed by atoms with Gasteiger partial charge in [-0.3, -0.25) is 4.79 Å². The van der Waals surface area contributed by atoms with E-state index in [1.54, 1.807) is 39.8 Å². The number of aliphatic carboxylic acids is 1. The molecule has 1 aromatic rings. The molecule has 0 bridgehead atoms. The molecule has 1 aromatic carbocycles. The first-order chi connectivity index (χ1) is 15.8. The number of aliphatic hydroxyl groups is 2. The summed E-state index contributed by atoms with van der Waals surface area (Å²) in [6, 6.07) is 4.73. The molecule has 184 valence electrons. The summed E-state index contributed by atoms with van der Waals surface area (Å²) in [5, 5.41) is 32.7. The zero-order valence-corrected chi connectivity index (χ0v) is 20.1. The van der Waals surface area contributed by atoms with Crippen molar-refractivity contribution >= 4 is 18.0 Å². The van der Waals surface area contributed by atoms with Crippen molar-refractivity contribution in [2.75, 3.05) is 6.61 Å². The molecule has 0 heterocycles. The Bertz CT molecular complexity index is 991. The number of nitrogens with one attached hydrogen (secondary N) is 2. The molecule has 2 amide bonds. The van der Waals surface area contributed by atoms with Gasteiger partial charge in [0.15, 0.2) is 0 Å². The molecule has 0 fully saturated rings. The maximum Gasteiger partial charge on any atom is 0.408 e. The summed E-state index contributed by atoms with van der Waals surface area (Å²) in [4.78, 5) is 36.9. The molecule has 5 N–H and O–H groups in total. The Balaban J connectivity index is 2.93. The highest BCUT2D eigenvalue weighted by molar-refractivity contribution is 5.97. The normalized spacial score (nSPS) is 14.1. The van der Waals surface area contributed by atoms with E-state index in [0.29, 0.717) is 5.56 Å². The average Bonchev–Trinajstić information content (AvgIpc) is 2.75. The quantitative estimate of drug-likeness (QED) is 0.362. The number of aliphatic hydroxyl groups excluding tert-OH is 2. The van der Waals surface area contributed by atoms with Crippen LogP contribution in [0.1, 0.15) is 63.4 Å². The number of rotatable bonds is 8. The van der Waals surface area contributed by atoms with E-state index in [1.165, 1.54) is 19.1 Å². The number of carbonyl (C=O) groups is 3. The minimum atomic E-state index is -1.42. The number of hydrogen-bond donors (Lipinski definition) is 5. The van der Waals surface area contributed by atoms with E-state index in [4.69, 9.17) is 9.84 Å². The Labute approximate surface area is 199 Å². The van der Waals surface area contributed by atoms with Crippen molar-refractivity contribution in [2.24, 2.45) is 0 Å². The molecule has 3 atom stereocenters. The summed E-state index contributed by atoms with van der Waals surface area (Å²) < 4.78 is 5.23. The van der Waals surface area contributed by atoms with Gasteiger partial charge in [0.05, 0.1) is 18.2 Å². The van der Waals surface area contributed by atoms with Gasteiger partial charge >= 0.3 is 12.1 Å². The van der Waals surface area contributed by atoms with Gasteiger partial charge < -0.3 is 30.7 Å². The SMILES string of the molecule is CCC(C)(NC(=O)OC(C)(C)C)C(NC(=O)c1ccc(C#CC#CC[C@@H](O)CO)cc1)C(=O)O. The van der Waals surface area contributed by atoms with E-state index in [9.17, 15) is 24.6 Å². The second-order valence-electron chi connectivity index (χ2n) is 8.81. The van der Waals surface area contributed by atoms with Crippen LogP contribution in [0.25, 0.3) is 0 Å². The molecule has 0 saturated heterocycles. The molecule has 0 radical (unpaired) electrons. The number of ether oxygens (including phenoxy) is 1. The third kappa shape index (κ3) is 9.53. The van der Waals surface area contributed by atoms with Crippen LogP contribution in [0.3, 0.4) is 0 Å². The number of alkyl carbamates (subject to hydrolysis) is 1. The monoisotopic (exact) mass is 472 g/mol. The van der Waals surface area contributed by atoms with E-state index >= 15 is 0 Å². The summed E-state index contributed by atoms with van der Waals surface area (Å²) in [6.45, 7) is 7.91. The first-order valence-corrected chi connectivity index (χ1v) is 10.7. The van der Waals surface area contributed by atoms with Crippen molar-refractivity contribution in [3.63, 3.8) is 0 Å². The zero-order valence-electron chi connectivity index (χ0n) is 20.1. The molecule has 9 nitrogen and oxygen atoms in total. The van der Waals surface area contributed by atoms with Crippen LogP contribution >= 0.6 is 0 Å².